The number of anilines is 2. The zero-order chi connectivity index (χ0) is 25.2. The summed E-state index contributed by atoms with van der Waals surface area (Å²) in [6.45, 7) is 1.54. The van der Waals surface area contributed by atoms with E-state index < -0.39 is 0 Å². The Morgan fingerprint density at radius 3 is 2.35 bits per heavy atom. The average molecular weight is 511 g/mol. The molecule has 3 aromatic heterocycles. The number of rotatable bonds is 6. The van der Waals surface area contributed by atoms with Gasteiger partial charge in [0, 0.05) is 53.6 Å². The van der Waals surface area contributed by atoms with Gasteiger partial charge in [0.25, 0.3) is 0 Å². The lowest BCUT2D eigenvalue weighted by Gasteiger charge is -2.31. The zero-order valence-electron chi connectivity index (χ0n) is 20.4. The molecule has 0 radical (unpaired) electrons. The molecule has 0 aliphatic carbocycles. The number of methoxy groups -OCH3 is 1. The van der Waals surface area contributed by atoms with E-state index in [2.05, 4.69) is 25.4 Å². The van der Waals surface area contributed by atoms with Crippen LogP contribution < -0.4 is 15.0 Å². The normalized spacial score (nSPS) is 14.1. The van der Waals surface area contributed by atoms with E-state index in [0.29, 0.717) is 0 Å². The molecule has 1 aliphatic heterocycles. The number of piperidine rings is 1. The Kier molecular flexibility index (Phi) is 6.28. The molecule has 6 rings (SSSR count). The van der Waals surface area contributed by atoms with Crippen molar-refractivity contribution in [1.29, 1.82) is 0 Å². The molecule has 1 saturated heterocycles. The minimum Gasteiger partial charge on any atom is -0.497 e. The van der Waals surface area contributed by atoms with Crippen LogP contribution in [0.4, 0.5) is 11.5 Å². The van der Waals surface area contributed by atoms with Crippen molar-refractivity contribution in [2.75, 3.05) is 30.4 Å². The van der Waals surface area contributed by atoms with E-state index in [9.17, 15) is 4.79 Å². The Balaban J connectivity index is 1.03. The lowest BCUT2D eigenvalue weighted by atomic mass is 9.95. The van der Waals surface area contributed by atoms with Crippen LogP contribution in [-0.2, 0) is 4.79 Å². The number of hydrogen-bond acceptors (Lipinski definition) is 7. The summed E-state index contributed by atoms with van der Waals surface area (Å²) >= 11 is 1.61. The summed E-state index contributed by atoms with van der Waals surface area (Å²) in [4.78, 5) is 20.7. The van der Waals surface area contributed by atoms with Crippen molar-refractivity contribution < 1.29 is 9.53 Å². The number of ether oxygens (including phenoxy) is 1. The van der Waals surface area contributed by atoms with E-state index >= 15 is 0 Å². The first-order chi connectivity index (χ1) is 18.2. The molecule has 37 heavy (non-hydrogen) atoms. The topological polar surface area (TPSA) is 84.7 Å². The number of carbonyl (C=O) groups excluding carboxylic acids is 1. The number of aromatic nitrogens is 4. The van der Waals surface area contributed by atoms with Crippen LogP contribution in [0.15, 0.2) is 78.4 Å². The van der Waals surface area contributed by atoms with Gasteiger partial charge >= 0.3 is 0 Å². The Morgan fingerprint density at radius 2 is 1.68 bits per heavy atom. The average Bonchev–Trinajstić information content (AvgIpc) is 3.57. The second-order valence-electron chi connectivity index (χ2n) is 9.05. The number of carbonyl (C=O) groups is 1. The molecule has 0 bridgehead atoms. The standard InChI is InChI=1S/C28H26N6O2S/c1-36-23-8-4-19(5-9-23)24-10-11-26(32-31-24)33-14-12-21(13-15-33)27(35)29-22-6-2-20(3-7-22)25-18-34-16-17-37-28(34)30-25/h2-11,16-18,21H,12-15H2,1H3,(H,29,35). The molecule has 0 spiro atoms. The number of thiazole rings is 1. The van der Waals surface area contributed by atoms with Gasteiger partial charge in [-0.05, 0) is 61.4 Å². The number of benzene rings is 2. The van der Waals surface area contributed by atoms with Gasteiger partial charge < -0.3 is 15.0 Å². The minimum absolute atomic E-state index is 0.0256. The van der Waals surface area contributed by atoms with E-state index in [1.165, 1.54) is 0 Å². The molecular formula is C28H26N6O2S. The van der Waals surface area contributed by atoms with Gasteiger partial charge in [-0.1, -0.05) is 12.1 Å². The minimum atomic E-state index is -0.0256. The fraction of sp³-hybridized carbons (Fsp3) is 0.214. The monoisotopic (exact) mass is 510 g/mol. The zero-order valence-corrected chi connectivity index (χ0v) is 21.2. The molecule has 8 nitrogen and oxygen atoms in total. The summed E-state index contributed by atoms with van der Waals surface area (Å²) in [5, 5.41) is 13.9. The van der Waals surface area contributed by atoms with E-state index in [4.69, 9.17) is 4.74 Å². The van der Waals surface area contributed by atoms with Crippen LogP contribution in [0.1, 0.15) is 12.8 Å². The summed E-state index contributed by atoms with van der Waals surface area (Å²) in [7, 11) is 1.65. The van der Waals surface area contributed by atoms with Crippen molar-refractivity contribution in [3.8, 4) is 28.3 Å². The highest BCUT2D eigenvalue weighted by Gasteiger charge is 2.26. The SMILES string of the molecule is COc1ccc(-c2ccc(N3CCC(C(=O)Nc4ccc(-c5cn6ccsc6n5)cc4)CC3)nn2)cc1. The molecule has 186 valence electrons. The third-order valence-electron chi connectivity index (χ3n) is 6.77. The molecule has 0 atom stereocenters. The molecular weight excluding hydrogens is 484 g/mol. The highest BCUT2D eigenvalue weighted by molar-refractivity contribution is 7.15. The van der Waals surface area contributed by atoms with Gasteiger partial charge in [-0.3, -0.25) is 9.20 Å². The second-order valence-corrected chi connectivity index (χ2v) is 9.93. The number of imidazole rings is 1. The van der Waals surface area contributed by atoms with E-state index in [1.807, 2.05) is 82.8 Å². The maximum atomic E-state index is 12.9. The Bertz CT molecular complexity index is 1470. The molecule has 1 amide bonds. The number of nitrogens with one attached hydrogen (secondary N) is 1. The number of hydrogen-bond donors (Lipinski definition) is 1. The lowest BCUT2D eigenvalue weighted by molar-refractivity contribution is -0.120. The highest BCUT2D eigenvalue weighted by atomic mass is 32.1. The fourth-order valence-corrected chi connectivity index (χ4v) is 5.32. The van der Waals surface area contributed by atoms with Crippen LogP contribution in [0.25, 0.3) is 27.5 Å². The quantitative estimate of drug-likeness (QED) is 0.330. The van der Waals surface area contributed by atoms with Gasteiger partial charge in [-0.25, -0.2) is 4.98 Å². The predicted molar refractivity (Wildman–Crippen MR) is 146 cm³/mol. The third-order valence-corrected chi connectivity index (χ3v) is 7.54. The van der Waals surface area contributed by atoms with E-state index in [-0.39, 0.29) is 11.8 Å². The van der Waals surface area contributed by atoms with E-state index in [0.717, 1.165) is 70.7 Å². The lowest BCUT2D eigenvalue weighted by Crippen LogP contribution is -2.38. The predicted octanol–water partition coefficient (Wildman–Crippen LogP) is 5.38. The van der Waals surface area contributed by atoms with Crippen LogP contribution >= 0.6 is 11.3 Å². The van der Waals surface area contributed by atoms with Crippen molar-refractivity contribution >= 4 is 33.7 Å². The Hall–Kier alpha value is -4.24. The summed E-state index contributed by atoms with van der Waals surface area (Å²) < 4.78 is 7.23. The number of fused-ring (bicyclic) bond motifs is 1. The summed E-state index contributed by atoms with van der Waals surface area (Å²) in [6.07, 6.45) is 5.57. The van der Waals surface area contributed by atoms with Gasteiger partial charge in [0.05, 0.1) is 18.5 Å². The van der Waals surface area contributed by atoms with Crippen LogP contribution in [0.2, 0.25) is 0 Å². The van der Waals surface area contributed by atoms with Gasteiger partial charge in [0.15, 0.2) is 10.8 Å². The molecule has 1 fully saturated rings. The van der Waals surface area contributed by atoms with Crippen molar-refractivity contribution in [3.05, 3.63) is 78.4 Å². The molecule has 4 heterocycles. The summed E-state index contributed by atoms with van der Waals surface area (Å²) in [5.74, 6) is 1.69. The second kappa shape index (κ2) is 10.0. The molecule has 0 saturated carbocycles. The Morgan fingerprint density at radius 1 is 0.946 bits per heavy atom. The number of amides is 1. The molecule has 1 N–H and O–H groups in total. The van der Waals surface area contributed by atoms with Crippen LogP contribution in [0.5, 0.6) is 5.75 Å². The van der Waals surface area contributed by atoms with E-state index in [1.54, 1.807) is 18.4 Å². The first kappa shape index (κ1) is 23.2. The van der Waals surface area contributed by atoms with Crippen LogP contribution in [0.3, 0.4) is 0 Å². The third kappa shape index (κ3) is 4.90. The van der Waals surface area contributed by atoms with Gasteiger partial charge in [-0.2, -0.15) is 0 Å². The van der Waals surface area contributed by atoms with Gasteiger partial charge in [-0.15, -0.1) is 21.5 Å². The highest BCUT2D eigenvalue weighted by Crippen LogP contribution is 2.27. The van der Waals surface area contributed by atoms with Gasteiger partial charge in [0.1, 0.15) is 5.75 Å². The summed E-state index contributed by atoms with van der Waals surface area (Å²) in [6, 6.07) is 19.6. The summed E-state index contributed by atoms with van der Waals surface area (Å²) in [5.41, 5.74) is 4.57. The maximum Gasteiger partial charge on any atom is 0.227 e. The van der Waals surface area contributed by atoms with Crippen molar-refractivity contribution in [1.82, 2.24) is 19.6 Å². The first-order valence-electron chi connectivity index (χ1n) is 12.2. The van der Waals surface area contributed by atoms with Gasteiger partial charge in [0.2, 0.25) is 5.91 Å². The van der Waals surface area contributed by atoms with Crippen molar-refractivity contribution in [3.63, 3.8) is 0 Å². The fourth-order valence-electron chi connectivity index (χ4n) is 4.62. The number of nitrogens with zero attached hydrogens (tertiary/aromatic N) is 5. The van der Waals surface area contributed by atoms with Crippen molar-refractivity contribution in [2.45, 2.75) is 12.8 Å². The molecule has 2 aromatic carbocycles. The van der Waals surface area contributed by atoms with Crippen LogP contribution in [-0.4, -0.2) is 45.7 Å². The first-order valence-corrected chi connectivity index (χ1v) is 13.1. The Labute approximate surface area is 218 Å². The maximum absolute atomic E-state index is 12.9. The molecule has 9 heteroatoms. The smallest absolute Gasteiger partial charge is 0.227 e. The molecule has 5 aromatic rings. The molecule has 1 aliphatic rings. The van der Waals surface area contributed by atoms with Crippen molar-refractivity contribution in [2.24, 2.45) is 5.92 Å². The van der Waals surface area contributed by atoms with Crippen LogP contribution in [0, 0.1) is 5.92 Å². The molecule has 0 unspecified atom stereocenters. The largest absolute Gasteiger partial charge is 0.497 e.